The lowest BCUT2D eigenvalue weighted by Crippen LogP contribution is -2.45. The van der Waals surface area contributed by atoms with E-state index in [2.05, 4.69) is 10.8 Å². The van der Waals surface area contributed by atoms with Crippen molar-refractivity contribution in [1.29, 1.82) is 0 Å². The molecule has 0 saturated carbocycles. The monoisotopic (exact) mass is 328 g/mol. The van der Waals surface area contributed by atoms with E-state index in [4.69, 9.17) is 4.84 Å². The number of benzene rings is 2. The minimum atomic E-state index is -1.07. The minimum Gasteiger partial charge on any atom is -0.480 e. The number of aliphatic carboxylic acids is 1. The van der Waals surface area contributed by atoms with Crippen molar-refractivity contribution in [3.63, 3.8) is 0 Å². The molecule has 2 aromatic carbocycles. The van der Waals surface area contributed by atoms with Crippen LogP contribution < -0.4 is 10.8 Å². The van der Waals surface area contributed by atoms with Crippen LogP contribution in [-0.2, 0) is 27.5 Å². The third-order valence-corrected chi connectivity index (χ3v) is 3.33. The Morgan fingerprint density at radius 2 is 1.54 bits per heavy atom. The molecule has 126 valence electrons. The Labute approximate surface area is 140 Å². The molecule has 0 bridgehead atoms. The Hall–Kier alpha value is -2.70. The third-order valence-electron chi connectivity index (χ3n) is 3.33. The first-order valence-corrected chi connectivity index (χ1v) is 7.60. The van der Waals surface area contributed by atoms with Gasteiger partial charge in [0.25, 0.3) is 0 Å². The molecule has 6 heteroatoms. The van der Waals surface area contributed by atoms with E-state index >= 15 is 0 Å². The van der Waals surface area contributed by atoms with Crippen LogP contribution in [0.2, 0.25) is 0 Å². The number of hydrogen-bond acceptors (Lipinski definition) is 4. The van der Waals surface area contributed by atoms with Gasteiger partial charge in [0.2, 0.25) is 5.91 Å². The molecule has 2 aromatic rings. The van der Waals surface area contributed by atoms with E-state index in [1.807, 2.05) is 60.7 Å². The summed E-state index contributed by atoms with van der Waals surface area (Å²) >= 11 is 0. The van der Waals surface area contributed by atoms with Gasteiger partial charge in [-0.15, -0.1) is 0 Å². The quantitative estimate of drug-likeness (QED) is 0.480. The van der Waals surface area contributed by atoms with Gasteiger partial charge < -0.3 is 10.4 Å². The number of carboxylic acids is 1. The highest BCUT2D eigenvalue weighted by atomic mass is 16.6. The van der Waals surface area contributed by atoms with E-state index in [0.29, 0.717) is 6.61 Å². The number of hydrogen-bond donors (Lipinski definition) is 3. The van der Waals surface area contributed by atoms with Gasteiger partial charge in [-0.3, -0.25) is 9.63 Å². The predicted molar refractivity (Wildman–Crippen MR) is 88.9 cm³/mol. The van der Waals surface area contributed by atoms with Crippen molar-refractivity contribution in [2.75, 3.05) is 6.54 Å². The zero-order valence-electron chi connectivity index (χ0n) is 13.1. The third kappa shape index (κ3) is 6.20. The molecule has 1 amide bonds. The Kier molecular flexibility index (Phi) is 6.94. The summed E-state index contributed by atoms with van der Waals surface area (Å²) < 4.78 is 0. The summed E-state index contributed by atoms with van der Waals surface area (Å²) in [5, 5.41) is 11.7. The molecule has 0 radical (unpaired) electrons. The number of carbonyl (C=O) groups excluding carboxylic acids is 1. The van der Waals surface area contributed by atoms with Gasteiger partial charge in [-0.25, -0.2) is 4.79 Å². The van der Waals surface area contributed by atoms with E-state index in [9.17, 15) is 14.7 Å². The summed E-state index contributed by atoms with van der Waals surface area (Å²) in [7, 11) is 0. The molecular weight excluding hydrogens is 308 g/mol. The molecular formula is C18H20N2O4. The maximum Gasteiger partial charge on any atom is 0.326 e. The van der Waals surface area contributed by atoms with Gasteiger partial charge in [-0.2, -0.15) is 5.48 Å². The maximum absolute atomic E-state index is 11.8. The first-order valence-electron chi connectivity index (χ1n) is 7.60. The molecule has 0 unspecified atom stereocenters. The van der Waals surface area contributed by atoms with Crippen LogP contribution in [0.25, 0.3) is 0 Å². The molecule has 1 atom stereocenters. The number of hydroxylamine groups is 1. The lowest BCUT2D eigenvalue weighted by Gasteiger charge is -2.15. The van der Waals surface area contributed by atoms with Gasteiger partial charge in [0, 0.05) is 6.42 Å². The average Bonchev–Trinajstić information content (AvgIpc) is 2.60. The van der Waals surface area contributed by atoms with Crippen LogP contribution in [0.4, 0.5) is 0 Å². The molecule has 0 saturated heterocycles. The predicted octanol–water partition coefficient (Wildman–Crippen LogP) is 1.52. The normalized spacial score (nSPS) is 11.7. The van der Waals surface area contributed by atoms with Crippen LogP contribution in [0.1, 0.15) is 11.1 Å². The van der Waals surface area contributed by atoms with Gasteiger partial charge in [-0.05, 0) is 11.1 Å². The van der Waals surface area contributed by atoms with Crippen LogP contribution in [-0.4, -0.2) is 29.6 Å². The number of rotatable bonds is 9. The smallest absolute Gasteiger partial charge is 0.326 e. The summed E-state index contributed by atoms with van der Waals surface area (Å²) in [6.45, 7) is 0.200. The Bertz CT molecular complexity index is 647. The van der Waals surface area contributed by atoms with Gasteiger partial charge in [0.15, 0.2) is 0 Å². The van der Waals surface area contributed by atoms with Crippen LogP contribution in [0.3, 0.4) is 0 Å². The zero-order valence-corrected chi connectivity index (χ0v) is 13.1. The summed E-state index contributed by atoms with van der Waals surface area (Å²) in [5.74, 6) is -1.51. The number of carbonyl (C=O) groups is 2. The molecule has 0 fully saturated rings. The molecule has 0 aliphatic heterocycles. The fourth-order valence-electron chi connectivity index (χ4n) is 2.12. The van der Waals surface area contributed by atoms with Crippen molar-refractivity contribution >= 4 is 11.9 Å². The summed E-state index contributed by atoms with van der Waals surface area (Å²) in [6.07, 6.45) is 0.229. The van der Waals surface area contributed by atoms with E-state index in [-0.39, 0.29) is 13.0 Å². The fraction of sp³-hybridized carbons (Fsp3) is 0.222. The lowest BCUT2D eigenvalue weighted by atomic mass is 10.1. The first kappa shape index (κ1) is 17.7. The standard InChI is InChI=1S/C18H20N2O4/c21-17(12-19-24-13-15-9-5-2-6-10-15)20-16(18(22)23)11-14-7-3-1-4-8-14/h1-10,16,19H,11-13H2,(H,20,21)(H,22,23)/t16-/m0/s1. The molecule has 0 spiro atoms. The highest BCUT2D eigenvalue weighted by Crippen LogP contribution is 2.03. The number of amides is 1. The summed E-state index contributed by atoms with van der Waals surface area (Å²) in [5.41, 5.74) is 4.35. The Morgan fingerprint density at radius 1 is 0.958 bits per heavy atom. The van der Waals surface area contributed by atoms with Crippen molar-refractivity contribution in [3.05, 3.63) is 71.8 Å². The van der Waals surface area contributed by atoms with Crippen LogP contribution in [0, 0.1) is 0 Å². The Morgan fingerprint density at radius 3 is 2.12 bits per heavy atom. The highest BCUT2D eigenvalue weighted by molar-refractivity contribution is 5.84. The molecule has 2 rings (SSSR count). The van der Waals surface area contributed by atoms with Crippen molar-refractivity contribution in [2.24, 2.45) is 0 Å². The topological polar surface area (TPSA) is 87.7 Å². The van der Waals surface area contributed by atoms with Crippen LogP contribution in [0.15, 0.2) is 60.7 Å². The second-order valence-corrected chi connectivity index (χ2v) is 5.24. The summed E-state index contributed by atoms with van der Waals surface area (Å²) in [4.78, 5) is 28.3. The van der Waals surface area contributed by atoms with E-state index < -0.39 is 17.9 Å². The minimum absolute atomic E-state index is 0.120. The molecule has 0 aliphatic carbocycles. The average molecular weight is 328 g/mol. The van der Waals surface area contributed by atoms with Gasteiger partial charge in [0.1, 0.15) is 6.04 Å². The molecule has 3 N–H and O–H groups in total. The van der Waals surface area contributed by atoms with E-state index in [1.165, 1.54) is 0 Å². The largest absolute Gasteiger partial charge is 0.480 e. The van der Waals surface area contributed by atoms with Gasteiger partial charge in [-0.1, -0.05) is 60.7 Å². The Balaban J connectivity index is 1.73. The van der Waals surface area contributed by atoms with E-state index in [0.717, 1.165) is 11.1 Å². The number of nitrogens with one attached hydrogen (secondary N) is 2. The first-order chi connectivity index (χ1) is 11.6. The lowest BCUT2D eigenvalue weighted by molar-refractivity contribution is -0.142. The summed E-state index contributed by atoms with van der Waals surface area (Å²) in [6, 6.07) is 17.7. The van der Waals surface area contributed by atoms with Crippen LogP contribution in [0.5, 0.6) is 0 Å². The molecule has 0 aromatic heterocycles. The second-order valence-electron chi connectivity index (χ2n) is 5.24. The SMILES string of the molecule is O=C(CNOCc1ccccc1)N[C@@H](Cc1ccccc1)C(=O)O. The van der Waals surface area contributed by atoms with Crippen molar-refractivity contribution < 1.29 is 19.5 Å². The van der Waals surface area contributed by atoms with Crippen LogP contribution >= 0.6 is 0 Å². The fourth-order valence-corrected chi connectivity index (χ4v) is 2.12. The molecule has 0 heterocycles. The highest BCUT2D eigenvalue weighted by Gasteiger charge is 2.20. The molecule has 0 aliphatic rings. The molecule has 24 heavy (non-hydrogen) atoms. The van der Waals surface area contributed by atoms with Crippen molar-refractivity contribution in [3.8, 4) is 0 Å². The van der Waals surface area contributed by atoms with Gasteiger partial charge >= 0.3 is 5.97 Å². The van der Waals surface area contributed by atoms with E-state index in [1.54, 1.807) is 0 Å². The van der Waals surface area contributed by atoms with Crippen molar-refractivity contribution in [1.82, 2.24) is 10.8 Å². The number of carboxylic acid groups (broad SMARTS) is 1. The zero-order chi connectivity index (χ0) is 17.2. The van der Waals surface area contributed by atoms with Gasteiger partial charge in [0.05, 0.1) is 13.2 Å². The molecule has 6 nitrogen and oxygen atoms in total. The van der Waals surface area contributed by atoms with Crippen molar-refractivity contribution in [2.45, 2.75) is 19.1 Å². The maximum atomic E-state index is 11.8. The second kappa shape index (κ2) is 9.44.